The Labute approximate surface area is 132 Å². The Bertz CT molecular complexity index is 497. The largest absolute Gasteiger partial charge is 0.401 e. The molecule has 0 unspecified atom stereocenters. The van der Waals surface area contributed by atoms with E-state index in [2.05, 4.69) is 20.4 Å². The van der Waals surface area contributed by atoms with Crippen molar-refractivity contribution in [1.82, 2.24) is 20.4 Å². The van der Waals surface area contributed by atoms with Gasteiger partial charge in [-0.25, -0.2) is 0 Å². The highest BCUT2D eigenvalue weighted by atomic mass is 19.4. The second-order valence-corrected chi connectivity index (χ2v) is 5.35. The van der Waals surface area contributed by atoms with Crippen LogP contribution in [0.25, 0.3) is 0 Å². The van der Waals surface area contributed by atoms with Crippen LogP contribution in [0.1, 0.15) is 12.8 Å². The molecule has 2 heterocycles. The Balaban J connectivity index is 1.75. The number of nitrogens with zero attached hydrogens (tertiary/aromatic N) is 4. The second kappa shape index (κ2) is 8.09. The minimum absolute atomic E-state index is 0.0305. The molecule has 1 N–H and O–H groups in total. The summed E-state index contributed by atoms with van der Waals surface area (Å²) in [5.41, 5.74) is 0. The zero-order chi connectivity index (χ0) is 16.7. The molecule has 0 radical (unpaired) electrons. The van der Waals surface area contributed by atoms with Crippen molar-refractivity contribution >= 4 is 11.7 Å². The molecule has 23 heavy (non-hydrogen) atoms. The first-order valence-electron chi connectivity index (χ1n) is 7.53. The molecule has 0 aromatic carbocycles. The minimum Gasteiger partial charge on any atom is -0.353 e. The van der Waals surface area contributed by atoms with E-state index in [4.69, 9.17) is 0 Å². The smallest absolute Gasteiger partial charge is 0.353 e. The first-order chi connectivity index (χ1) is 11.0. The van der Waals surface area contributed by atoms with Crippen molar-refractivity contribution in [3.8, 4) is 0 Å². The molecular weight excluding hydrogens is 311 g/mol. The molecule has 9 heteroatoms. The molecule has 0 saturated carbocycles. The van der Waals surface area contributed by atoms with Crippen molar-refractivity contribution in [3.63, 3.8) is 0 Å². The van der Waals surface area contributed by atoms with Gasteiger partial charge in [0.05, 0.1) is 6.54 Å². The molecule has 0 aliphatic carbocycles. The third-order valence-electron chi connectivity index (χ3n) is 3.57. The van der Waals surface area contributed by atoms with Crippen LogP contribution in [-0.2, 0) is 4.79 Å². The van der Waals surface area contributed by atoms with Crippen LogP contribution < -0.4 is 10.2 Å². The molecule has 128 valence electrons. The van der Waals surface area contributed by atoms with Crippen LogP contribution in [0.15, 0.2) is 18.3 Å². The number of anilines is 1. The topological polar surface area (TPSA) is 61.4 Å². The van der Waals surface area contributed by atoms with Crippen LogP contribution in [0.5, 0.6) is 0 Å². The van der Waals surface area contributed by atoms with E-state index in [0.717, 1.165) is 18.8 Å². The molecule has 1 aromatic heterocycles. The number of nitrogens with one attached hydrogen (secondary N) is 1. The highest BCUT2D eigenvalue weighted by Gasteiger charge is 2.26. The molecule has 0 bridgehead atoms. The molecule has 1 aromatic rings. The number of alkyl halides is 3. The fourth-order valence-electron chi connectivity index (χ4n) is 2.44. The Kier molecular flexibility index (Phi) is 6.14. The first kappa shape index (κ1) is 17.5. The summed E-state index contributed by atoms with van der Waals surface area (Å²) in [5, 5.41) is 10.1. The van der Waals surface area contributed by atoms with Gasteiger partial charge in [-0.3, -0.25) is 4.79 Å². The van der Waals surface area contributed by atoms with Crippen LogP contribution >= 0.6 is 0 Å². The third-order valence-corrected chi connectivity index (χ3v) is 3.57. The van der Waals surface area contributed by atoms with Crippen LogP contribution in [0.3, 0.4) is 0 Å². The van der Waals surface area contributed by atoms with Crippen LogP contribution in [0.2, 0.25) is 0 Å². The zero-order valence-corrected chi connectivity index (χ0v) is 12.7. The quantitative estimate of drug-likeness (QED) is 0.818. The normalized spacial score (nSPS) is 16.3. The zero-order valence-electron chi connectivity index (χ0n) is 12.7. The van der Waals surface area contributed by atoms with Gasteiger partial charge in [-0.15, -0.1) is 5.10 Å². The van der Waals surface area contributed by atoms with E-state index < -0.39 is 12.7 Å². The van der Waals surface area contributed by atoms with E-state index in [1.807, 2.05) is 12.1 Å². The number of carbonyl (C=O) groups excluding carboxylic acids is 1. The van der Waals surface area contributed by atoms with Crippen molar-refractivity contribution in [3.05, 3.63) is 18.3 Å². The minimum atomic E-state index is -4.25. The molecule has 0 spiro atoms. The maximum Gasteiger partial charge on any atom is 0.401 e. The number of amides is 1. The van der Waals surface area contributed by atoms with Gasteiger partial charge in [-0.05, 0) is 18.6 Å². The first-order valence-corrected chi connectivity index (χ1v) is 7.53. The van der Waals surface area contributed by atoms with Crippen LogP contribution in [0.4, 0.5) is 19.0 Å². The average molecular weight is 331 g/mol. The molecular formula is C14H20F3N5O. The van der Waals surface area contributed by atoms with Gasteiger partial charge in [0.25, 0.3) is 0 Å². The lowest BCUT2D eigenvalue weighted by Crippen LogP contribution is -2.37. The SMILES string of the molecule is O=C(CCNCC(F)(F)F)N1CCCN(c2cccnn2)CC1. The highest BCUT2D eigenvalue weighted by Crippen LogP contribution is 2.13. The van der Waals surface area contributed by atoms with E-state index in [9.17, 15) is 18.0 Å². The summed E-state index contributed by atoms with van der Waals surface area (Å²) in [6.07, 6.45) is -1.78. The van der Waals surface area contributed by atoms with Gasteiger partial charge in [0, 0.05) is 45.3 Å². The lowest BCUT2D eigenvalue weighted by molar-refractivity contribution is -0.132. The van der Waals surface area contributed by atoms with Crippen molar-refractivity contribution in [1.29, 1.82) is 0 Å². The van der Waals surface area contributed by atoms with Gasteiger partial charge in [-0.2, -0.15) is 18.3 Å². The summed E-state index contributed by atoms with van der Waals surface area (Å²) in [5.74, 6) is 0.648. The summed E-state index contributed by atoms with van der Waals surface area (Å²) in [6.45, 7) is 1.52. The third kappa shape index (κ3) is 6.01. The monoisotopic (exact) mass is 331 g/mol. The number of aromatic nitrogens is 2. The van der Waals surface area contributed by atoms with Crippen LogP contribution in [-0.4, -0.2) is 66.4 Å². The van der Waals surface area contributed by atoms with Gasteiger partial charge in [-0.1, -0.05) is 0 Å². The number of hydrogen-bond donors (Lipinski definition) is 1. The van der Waals surface area contributed by atoms with Gasteiger partial charge >= 0.3 is 6.18 Å². The molecule has 2 rings (SSSR count). The molecule has 1 saturated heterocycles. The Morgan fingerprint density at radius 2 is 2.09 bits per heavy atom. The average Bonchev–Trinajstić information content (AvgIpc) is 2.77. The molecule has 1 fully saturated rings. The summed E-state index contributed by atoms with van der Waals surface area (Å²) in [7, 11) is 0. The maximum atomic E-state index is 12.1. The standard InChI is InChI=1S/C14H20F3N5O/c15-14(16,17)11-18-6-4-13(23)22-8-2-7-21(9-10-22)12-3-1-5-19-20-12/h1,3,5,18H,2,4,6-11H2. The van der Waals surface area contributed by atoms with Gasteiger partial charge in [0.15, 0.2) is 5.82 Å². The summed E-state index contributed by atoms with van der Waals surface area (Å²) < 4.78 is 36.1. The van der Waals surface area contributed by atoms with E-state index in [1.54, 1.807) is 11.1 Å². The molecule has 1 aliphatic heterocycles. The summed E-state index contributed by atoms with van der Waals surface area (Å²) in [6, 6.07) is 3.67. The van der Waals surface area contributed by atoms with E-state index in [1.165, 1.54) is 0 Å². The number of halogens is 3. The van der Waals surface area contributed by atoms with Gasteiger partial charge in [0.2, 0.25) is 5.91 Å². The maximum absolute atomic E-state index is 12.1. The lowest BCUT2D eigenvalue weighted by Gasteiger charge is -2.22. The fraction of sp³-hybridized carbons (Fsp3) is 0.643. The van der Waals surface area contributed by atoms with E-state index in [-0.39, 0.29) is 18.9 Å². The molecule has 0 atom stereocenters. The predicted molar refractivity (Wildman–Crippen MR) is 79.0 cm³/mol. The van der Waals surface area contributed by atoms with Crippen molar-refractivity contribution in [2.45, 2.75) is 19.0 Å². The molecule has 1 amide bonds. The predicted octanol–water partition coefficient (Wildman–Crippen LogP) is 1.06. The Morgan fingerprint density at radius 3 is 2.78 bits per heavy atom. The van der Waals surface area contributed by atoms with Gasteiger partial charge in [0.1, 0.15) is 0 Å². The van der Waals surface area contributed by atoms with Crippen LogP contribution in [0, 0.1) is 0 Å². The van der Waals surface area contributed by atoms with E-state index >= 15 is 0 Å². The highest BCUT2D eigenvalue weighted by molar-refractivity contribution is 5.76. The lowest BCUT2D eigenvalue weighted by atomic mass is 10.3. The molecule has 1 aliphatic rings. The van der Waals surface area contributed by atoms with Gasteiger partial charge < -0.3 is 15.1 Å². The number of hydrogen-bond acceptors (Lipinski definition) is 5. The molecule has 6 nitrogen and oxygen atoms in total. The summed E-state index contributed by atoms with van der Waals surface area (Å²) in [4.78, 5) is 15.8. The second-order valence-electron chi connectivity index (χ2n) is 5.35. The fourth-order valence-corrected chi connectivity index (χ4v) is 2.44. The van der Waals surface area contributed by atoms with Crippen molar-refractivity contribution < 1.29 is 18.0 Å². The number of rotatable bonds is 5. The van der Waals surface area contributed by atoms with Crippen molar-refractivity contribution in [2.75, 3.05) is 44.2 Å². The Hall–Kier alpha value is -1.90. The summed E-state index contributed by atoms with van der Waals surface area (Å²) >= 11 is 0. The Morgan fingerprint density at radius 1 is 1.26 bits per heavy atom. The van der Waals surface area contributed by atoms with E-state index in [0.29, 0.717) is 19.6 Å². The van der Waals surface area contributed by atoms with Crippen molar-refractivity contribution in [2.24, 2.45) is 0 Å². The number of carbonyl (C=O) groups is 1.